The lowest BCUT2D eigenvalue weighted by atomic mass is 10.1. The van der Waals surface area contributed by atoms with E-state index >= 15 is 0 Å². The van der Waals surface area contributed by atoms with Crippen LogP contribution in [0.1, 0.15) is 17.3 Å². The number of carbonyl (C=O) groups excluding carboxylic acids is 2. The number of nitrogens with zero attached hydrogens (tertiary/aromatic N) is 3. The molecule has 1 N–H and O–H groups in total. The van der Waals surface area contributed by atoms with Crippen LogP contribution in [0.15, 0.2) is 64.8 Å². The normalized spacial score (nSPS) is 17.0. The molecule has 1 aliphatic heterocycles. The quantitative estimate of drug-likeness (QED) is 0.687. The van der Waals surface area contributed by atoms with Crippen LogP contribution in [0.25, 0.3) is 0 Å². The monoisotopic (exact) mass is 338 g/mol. The first-order valence-corrected chi connectivity index (χ1v) is 7.60. The first kappa shape index (κ1) is 16.5. The molecule has 1 aliphatic rings. The van der Waals surface area contributed by atoms with Gasteiger partial charge in [0.25, 0.3) is 11.8 Å². The molecule has 0 fully saturated rings. The fraction of sp³-hybridized carbons (Fsp3) is 0.111. The van der Waals surface area contributed by atoms with Gasteiger partial charge < -0.3 is 0 Å². The van der Waals surface area contributed by atoms with Gasteiger partial charge in [-0.2, -0.15) is 15.2 Å². The summed E-state index contributed by atoms with van der Waals surface area (Å²) in [4.78, 5) is 24.4. The van der Waals surface area contributed by atoms with E-state index in [1.165, 1.54) is 29.4 Å². The van der Waals surface area contributed by atoms with E-state index in [4.69, 9.17) is 0 Å². The number of halogens is 1. The number of hydrogen-bond acceptors (Lipinski definition) is 4. The van der Waals surface area contributed by atoms with Crippen molar-refractivity contribution in [3.05, 3.63) is 66.0 Å². The highest BCUT2D eigenvalue weighted by Gasteiger charge is 2.33. The van der Waals surface area contributed by atoms with Gasteiger partial charge >= 0.3 is 0 Å². The van der Waals surface area contributed by atoms with E-state index in [1.807, 2.05) is 18.2 Å². The Morgan fingerprint density at radius 3 is 2.60 bits per heavy atom. The maximum atomic E-state index is 13.5. The molecule has 2 aromatic carbocycles. The van der Waals surface area contributed by atoms with Crippen molar-refractivity contribution in [1.29, 1.82) is 0 Å². The predicted octanol–water partition coefficient (Wildman–Crippen LogP) is 2.58. The van der Waals surface area contributed by atoms with Crippen molar-refractivity contribution >= 4 is 29.4 Å². The molecule has 0 aliphatic carbocycles. The molecule has 1 atom stereocenters. The minimum Gasteiger partial charge on any atom is -0.271 e. The van der Waals surface area contributed by atoms with Crippen molar-refractivity contribution in [1.82, 2.24) is 5.43 Å². The molecule has 25 heavy (non-hydrogen) atoms. The molecule has 3 rings (SSSR count). The number of amides is 2. The van der Waals surface area contributed by atoms with Crippen LogP contribution in [0.5, 0.6) is 0 Å². The van der Waals surface area contributed by atoms with Gasteiger partial charge in [0, 0.05) is 6.21 Å². The molecule has 6 nitrogen and oxygen atoms in total. The number of anilines is 1. The fourth-order valence-corrected chi connectivity index (χ4v) is 2.38. The van der Waals surface area contributed by atoms with Crippen LogP contribution in [0.4, 0.5) is 10.1 Å². The van der Waals surface area contributed by atoms with E-state index in [0.29, 0.717) is 11.4 Å². The smallest absolute Gasteiger partial charge is 0.271 e. The molecular formula is C18H15FN4O2. The summed E-state index contributed by atoms with van der Waals surface area (Å²) in [6.07, 6.45) is 1.29. The molecule has 2 aromatic rings. The molecular weight excluding hydrogens is 323 g/mol. The number of rotatable bonds is 4. The van der Waals surface area contributed by atoms with Gasteiger partial charge in [0.1, 0.15) is 11.7 Å². The van der Waals surface area contributed by atoms with Crippen LogP contribution in [-0.4, -0.2) is 23.7 Å². The maximum Gasteiger partial charge on any atom is 0.274 e. The van der Waals surface area contributed by atoms with Crippen molar-refractivity contribution in [2.24, 2.45) is 16.1 Å². The van der Waals surface area contributed by atoms with Gasteiger partial charge in [-0.1, -0.05) is 30.3 Å². The summed E-state index contributed by atoms with van der Waals surface area (Å²) in [5.41, 5.74) is 3.31. The second kappa shape index (κ2) is 7.04. The molecule has 0 bridgehead atoms. The minimum absolute atomic E-state index is 0.117. The number of hydrogen-bond donors (Lipinski definition) is 1. The summed E-state index contributed by atoms with van der Waals surface area (Å²) >= 11 is 0. The highest BCUT2D eigenvalue weighted by Crippen LogP contribution is 2.22. The lowest BCUT2D eigenvalue weighted by Crippen LogP contribution is -2.29. The number of benzene rings is 2. The highest BCUT2D eigenvalue weighted by atomic mass is 19.1. The Hall–Kier alpha value is -3.35. The van der Waals surface area contributed by atoms with Crippen molar-refractivity contribution in [2.75, 3.05) is 5.01 Å². The van der Waals surface area contributed by atoms with E-state index < -0.39 is 17.6 Å². The van der Waals surface area contributed by atoms with Gasteiger partial charge in [0.05, 0.1) is 17.0 Å². The van der Waals surface area contributed by atoms with E-state index in [9.17, 15) is 14.0 Å². The van der Waals surface area contributed by atoms with Gasteiger partial charge in [-0.05, 0) is 31.2 Å². The lowest BCUT2D eigenvalue weighted by molar-refractivity contribution is -0.118. The molecule has 0 saturated carbocycles. The van der Waals surface area contributed by atoms with Crippen LogP contribution < -0.4 is 10.4 Å². The van der Waals surface area contributed by atoms with Gasteiger partial charge in [0.2, 0.25) is 0 Å². The maximum absolute atomic E-state index is 13.5. The third kappa shape index (κ3) is 3.45. The summed E-state index contributed by atoms with van der Waals surface area (Å²) in [6, 6.07) is 14.6. The number of nitrogens with one attached hydrogen (secondary N) is 1. The number of para-hydroxylation sites is 1. The van der Waals surface area contributed by atoms with Crippen molar-refractivity contribution in [3.63, 3.8) is 0 Å². The minimum atomic E-state index is -0.686. The van der Waals surface area contributed by atoms with Crippen molar-refractivity contribution in [2.45, 2.75) is 6.92 Å². The van der Waals surface area contributed by atoms with E-state index in [2.05, 4.69) is 15.6 Å². The predicted molar refractivity (Wildman–Crippen MR) is 92.9 cm³/mol. The molecule has 126 valence electrons. The van der Waals surface area contributed by atoms with E-state index in [0.717, 1.165) is 0 Å². The summed E-state index contributed by atoms with van der Waals surface area (Å²) in [5.74, 6) is -2.27. The van der Waals surface area contributed by atoms with Crippen LogP contribution in [-0.2, 0) is 4.79 Å². The zero-order valence-corrected chi connectivity index (χ0v) is 13.4. The molecule has 0 unspecified atom stereocenters. The Bertz CT molecular complexity index is 864. The summed E-state index contributed by atoms with van der Waals surface area (Å²) in [7, 11) is 0. The van der Waals surface area contributed by atoms with Crippen molar-refractivity contribution < 1.29 is 14.0 Å². The summed E-state index contributed by atoms with van der Waals surface area (Å²) in [6.45, 7) is 1.70. The standard InChI is InChI=1S/C18H15FN4O2/c1-12-15(18(25)23(22-12)13-7-3-2-4-8-13)11-20-21-17(24)14-9-5-6-10-16(14)19/h2-11,15H,1H3,(H,21,24)/b20-11-/t15-/m0/s1. The first-order chi connectivity index (χ1) is 12.1. The third-order valence-corrected chi connectivity index (χ3v) is 3.69. The average molecular weight is 338 g/mol. The SMILES string of the molecule is CC1=NN(c2ccccc2)C(=O)[C@H]1/C=N\NC(=O)c1ccccc1F. The van der Waals surface area contributed by atoms with E-state index in [1.54, 1.807) is 25.1 Å². The molecule has 0 radical (unpaired) electrons. The van der Waals surface area contributed by atoms with Gasteiger partial charge in [-0.15, -0.1) is 0 Å². The zero-order chi connectivity index (χ0) is 17.8. The van der Waals surface area contributed by atoms with Gasteiger partial charge in [0.15, 0.2) is 0 Å². The van der Waals surface area contributed by atoms with E-state index in [-0.39, 0.29) is 11.5 Å². The fourth-order valence-electron chi connectivity index (χ4n) is 2.38. The Morgan fingerprint density at radius 1 is 1.20 bits per heavy atom. The lowest BCUT2D eigenvalue weighted by Gasteiger charge is -2.12. The first-order valence-electron chi connectivity index (χ1n) is 7.60. The Kier molecular flexibility index (Phi) is 4.65. The van der Waals surface area contributed by atoms with Crippen LogP contribution in [0.2, 0.25) is 0 Å². The van der Waals surface area contributed by atoms with Crippen molar-refractivity contribution in [3.8, 4) is 0 Å². The van der Waals surface area contributed by atoms with Crippen LogP contribution >= 0.6 is 0 Å². The van der Waals surface area contributed by atoms with Crippen LogP contribution in [0.3, 0.4) is 0 Å². The zero-order valence-electron chi connectivity index (χ0n) is 13.4. The Balaban J connectivity index is 1.68. The molecule has 2 amide bonds. The topological polar surface area (TPSA) is 74.1 Å². The molecule has 7 heteroatoms. The largest absolute Gasteiger partial charge is 0.274 e. The molecule has 0 spiro atoms. The second-order valence-corrected chi connectivity index (χ2v) is 5.40. The second-order valence-electron chi connectivity index (χ2n) is 5.40. The van der Waals surface area contributed by atoms with Crippen LogP contribution in [0, 0.1) is 11.7 Å². The Morgan fingerprint density at radius 2 is 1.88 bits per heavy atom. The average Bonchev–Trinajstić information content (AvgIpc) is 2.91. The summed E-state index contributed by atoms with van der Waals surface area (Å²) < 4.78 is 13.5. The van der Waals surface area contributed by atoms with Gasteiger partial charge in [-0.3, -0.25) is 9.59 Å². The molecule has 0 saturated heterocycles. The molecule has 0 aromatic heterocycles. The highest BCUT2D eigenvalue weighted by molar-refractivity contribution is 6.23. The number of hydrazone groups is 2. The van der Waals surface area contributed by atoms with Gasteiger partial charge in [-0.25, -0.2) is 9.82 Å². The third-order valence-electron chi connectivity index (χ3n) is 3.69. The summed E-state index contributed by atoms with van der Waals surface area (Å²) in [5, 5.41) is 9.30. The Labute approximate surface area is 143 Å². The number of carbonyl (C=O) groups is 2. The molecule has 1 heterocycles.